The smallest absolute Gasteiger partial charge is 0.00254 e. The molecule has 0 saturated carbocycles. The van der Waals surface area contributed by atoms with Gasteiger partial charge in [-0.15, -0.1) is 0 Å². The highest BCUT2D eigenvalue weighted by Crippen LogP contribution is 2.39. The molecule has 0 saturated heterocycles. The second kappa shape index (κ2) is 7.82. The first-order valence-corrected chi connectivity index (χ1v) is 8.43. The first kappa shape index (κ1) is 14.8. The van der Waals surface area contributed by atoms with E-state index in [0.717, 1.165) is 0 Å². The van der Waals surface area contributed by atoms with E-state index in [1.54, 1.807) is 0 Å². The molecule has 1 heteroatoms. The lowest BCUT2D eigenvalue weighted by molar-refractivity contribution is 1.23. The Bertz CT molecular complexity index is 515. The van der Waals surface area contributed by atoms with Crippen LogP contribution in [0.2, 0.25) is 0 Å². The fraction of sp³-hybridized carbons (Fsp3) is 0.158. The van der Waals surface area contributed by atoms with Gasteiger partial charge in [-0.2, -0.15) is 0 Å². The first-order chi connectivity index (χ1) is 9.83. The molecule has 0 aliphatic heterocycles. The molecule has 0 bridgehead atoms. The van der Waals surface area contributed by atoms with Crippen molar-refractivity contribution in [3.05, 3.63) is 85.0 Å². The molecule has 0 N–H and O–H groups in total. The molecule has 20 heavy (non-hydrogen) atoms. The summed E-state index contributed by atoms with van der Waals surface area (Å²) >= 11 is 0. The molecule has 2 aromatic rings. The minimum atomic E-state index is -0.349. The number of benzene rings is 2. The summed E-state index contributed by atoms with van der Waals surface area (Å²) in [4.78, 5) is 0. The van der Waals surface area contributed by atoms with Gasteiger partial charge >= 0.3 is 0 Å². The Hall–Kier alpha value is -1.65. The average molecular weight is 280 g/mol. The predicted octanol–water partition coefficient (Wildman–Crippen LogP) is 4.64. The summed E-state index contributed by atoms with van der Waals surface area (Å²) in [6.07, 6.45) is 8.63. The van der Waals surface area contributed by atoms with Crippen molar-refractivity contribution in [2.24, 2.45) is 0 Å². The van der Waals surface area contributed by atoms with Gasteiger partial charge in [0, 0.05) is 5.66 Å². The maximum atomic E-state index is 2.31. The normalized spacial score (nSPS) is 13.3. The second-order valence-electron chi connectivity index (χ2n) is 4.69. The Balaban J connectivity index is 2.35. The molecule has 1 atom stereocenters. The van der Waals surface area contributed by atoms with Gasteiger partial charge in [-0.25, -0.2) is 0 Å². The van der Waals surface area contributed by atoms with Crippen LogP contribution in [0.4, 0.5) is 0 Å². The average Bonchev–Trinajstić information content (AvgIpc) is 2.50. The quantitative estimate of drug-likeness (QED) is 0.553. The van der Waals surface area contributed by atoms with Crippen LogP contribution in [0.1, 0.15) is 13.8 Å². The Morgan fingerprint density at radius 1 is 0.800 bits per heavy atom. The highest BCUT2D eigenvalue weighted by Gasteiger charge is 2.18. The molecular formula is C19H21P. The molecule has 2 rings (SSSR count). The van der Waals surface area contributed by atoms with E-state index in [-0.39, 0.29) is 7.92 Å². The fourth-order valence-corrected chi connectivity index (χ4v) is 4.72. The molecule has 0 aliphatic rings. The van der Waals surface area contributed by atoms with Gasteiger partial charge in [-0.05, 0) is 25.5 Å². The first-order valence-electron chi connectivity index (χ1n) is 7.01. The molecule has 0 aromatic heterocycles. The van der Waals surface area contributed by atoms with Crippen LogP contribution in [-0.2, 0) is 0 Å². The van der Waals surface area contributed by atoms with E-state index in [2.05, 4.69) is 91.9 Å². The highest BCUT2D eigenvalue weighted by molar-refractivity contribution is 7.73. The van der Waals surface area contributed by atoms with Crippen molar-refractivity contribution in [3.8, 4) is 0 Å². The highest BCUT2D eigenvalue weighted by atomic mass is 31.1. The standard InChI is InChI=1S/C19H21P/c1-3-4-7-12-17(2)20(18-13-8-5-9-14-18)19-15-10-6-11-16-19/h3-17H,1-2H3/b4-3-,12-7-. The summed E-state index contributed by atoms with van der Waals surface area (Å²) in [5.41, 5.74) is 0.519. The summed E-state index contributed by atoms with van der Waals surface area (Å²) in [6.45, 7) is 4.36. The number of hydrogen-bond donors (Lipinski definition) is 0. The van der Waals surface area contributed by atoms with E-state index in [9.17, 15) is 0 Å². The zero-order chi connectivity index (χ0) is 14.2. The molecule has 0 fully saturated rings. The minimum Gasteiger partial charge on any atom is -0.0877 e. The van der Waals surface area contributed by atoms with E-state index >= 15 is 0 Å². The molecule has 0 nitrogen and oxygen atoms in total. The number of rotatable bonds is 5. The third kappa shape index (κ3) is 3.92. The number of hydrogen-bond acceptors (Lipinski definition) is 0. The van der Waals surface area contributed by atoms with Gasteiger partial charge in [-0.1, -0.05) is 91.9 Å². The van der Waals surface area contributed by atoms with Crippen molar-refractivity contribution in [1.82, 2.24) is 0 Å². The van der Waals surface area contributed by atoms with E-state index in [4.69, 9.17) is 0 Å². The molecule has 2 aromatic carbocycles. The Kier molecular flexibility index (Phi) is 5.77. The fourth-order valence-electron chi connectivity index (χ4n) is 2.22. The topological polar surface area (TPSA) is 0 Å². The van der Waals surface area contributed by atoms with Gasteiger partial charge in [-0.3, -0.25) is 0 Å². The lowest BCUT2D eigenvalue weighted by Crippen LogP contribution is -2.18. The van der Waals surface area contributed by atoms with Crippen LogP contribution >= 0.6 is 7.92 Å². The Morgan fingerprint density at radius 3 is 1.75 bits per heavy atom. The van der Waals surface area contributed by atoms with E-state index < -0.39 is 0 Å². The molecular weight excluding hydrogens is 259 g/mol. The SMILES string of the molecule is C/C=C\C=C/C(C)P(c1ccccc1)c1ccccc1. The van der Waals surface area contributed by atoms with Crippen molar-refractivity contribution in [3.63, 3.8) is 0 Å². The maximum absolute atomic E-state index is 2.31. The van der Waals surface area contributed by atoms with Crippen LogP contribution in [-0.4, -0.2) is 5.66 Å². The van der Waals surface area contributed by atoms with Gasteiger partial charge in [0.05, 0.1) is 0 Å². The third-order valence-corrected chi connectivity index (χ3v) is 5.86. The number of allylic oxidation sites excluding steroid dienone is 4. The summed E-state index contributed by atoms with van der Waals surface area (Å²) in [5.74, 6) is 0. The van der Waals surface area contributed by atoms with E-state index in [1.165, 1.54) is 10.6 Å². The second-order valence-corrected chi connectivity index (χ2v) is 7.28. The summed E-state index contributed by atoms with van der Waals surface area (Å²) in [5, 5.41) is 2.87. The molecule has 0 spiro atoms. The van der Waals surface area contributed by atoms with Gasteiger partial charge in [0.1, 0.15) is 0 Å². The van der Waals surface area contributed by atoms with Gasteiger partial charge in [0.2, 0.25) is 0 Å². The van der Waals surface area contributed by atoms with Crippen molar-refractivity contribution in [1.29, 1.82) is 0 Å². The predicted molar refractivity (Wildman–Crippen MR) is 92.5 cm³/mol. The third-order valence-electron chi connectivity index (χ3n) is 3.17. The van der Waals surface area contributed by atoms with Crippen LogP contribution in [0.15, 0.2) is 85.0 Å². The molecule has 0 radical (unpaired) electrons. The summed E-state index contributed by atoms with van der Waals surface area (Å²) < 4.78 is 0. The summed E-state index contributed by atoms with van der Waals surface area (Å²) in [7, 11) is -0.349. The van der Waals surface area contributed by atoms with E-state index in [1.807, 2.05) is 6.92 Å². The summed E-state index contributed by atoms with van der Waals surface area (Å²) in [6, 6.07) is 21.7. The monoisotopic (exact) mass is 280 g/mol. The Labute approximate surface area is 123 Å². The largest absolute Gasteiger partial charge is 0.0877 e. The van der Waals surface area contributed by atoms with Crippen LogP contribution < -0.4 is 10.6 Å². The van der Waals surface area contributed by atoms with Crippen molar-refractivity contribution in [2.75, 3.05) is 0 Å². The van der Waals surface area contributed by atoms with Crippen LogP contribution in [0.25, 0.3) is 0 Å². The molecule has 1 unspecified atom stereocenters. The zero-order valence-electron chi connectivity index (χ0n) is 12.1. The van der Waals surface area contributed by atoms with Gasteiger partial charge < -0.3 is 0 Å². The molecule has 0 amide bonds. The lowest BCUT2D eigenvalue weighted by Gasteiger charge is -2.23. The molecule has 0 heterocycles. The van der Waals surface area contributed by atoms with Crippen molar-refractivity contribution in [2.45, 2.75) is 19.5 Å². The molecule has 0 aliphatic carbocycles. The van der Waals surface area contributed by atoms with Crippen molar-refractivity contribution < 1.29 is 0 Å². The van der Waals surface area contributed by atoms with E-state index in [0.29, 0.717) is 5.66 Å². The van der Waals surface area contributed by atoms with Crippen molar-refractivity contribution >= 4 is 18.5 Å². The Morgan fingerprint density at radius 2 is 1.30 bits per heavy atom. The van der Waals surface area contributed by atoms with Crippen LogP contribution in [0.5, 0.6) is 0 Å². The lowest BCUT2D eigenvalue weighted by atomic mass is 10.3. The van der Waals surface area contributed by atoms with Crippen LogP contribution in [0, 0.1) is 0 Å². The minimum absolute atomic E-state index is 0.349. The maximum Gasteiger partial charge on any atom is 0.00254 e. The molecule has 102 valence electrons. The van der Waals surface area contributed by atoms with Crippen LogP contribution in [0.3, 0.4) is 0 Å². The zero-order valence-corrected chi connectivity index (χ0v) is 13.0. The van der Waals surface area contributed by atoms with Gasteiger partial charge in [0.25, 0.3) is 0 Å². The van der Waals surface area contributed by atoms with Gasteiger partial charge in [0.15, 0.2) is 0 Å².